The summed E-state index contributed by atoms with van der Waals surface area (Å²) in [5.74, 6) is 2.15. The molecule has 3 aromatic rings. The van der Waals surface area contributed by atoms with Gasteiger partial charge < -0.3 is 14.5 Å². The van der Waals surface area contributed by atoms with Crippen LogP contribution in [-0.2, 0) is 0 Å². The van der Waals surface area contributed by atoms with Crippen LogP contribution in [0.1, 0.15) is 16.2 Å². The maximum Gasteiger partial charge on any atom is 0.253 e. The van der Waals surface area contributed by atoms with Crippen LogP contribution in [0.2, 0.25) is 0 Å². The fourth-order valence-corrected chi connectivity index (χ4v) is 3.55. The van der Waals surface area contributed by atoms with Gasteiger partial charge in [-0.2, -0.15) is 4.98 Å². The van der Waals surface area contributed by atoms with Gasteiger partial charge in [-0.15, -0.1) is 0 Å². The zero-order valence-corrected chi connectivity index (χ0v) is 16.7. The van der Waals surface area contributed by atoms with Crippen LogP contribution in [0.4, 0.5) is 5.82 Å². The van der Waals surface area contributed by atoms with Crippen LogP contribution in [0.25, 0.3) is 11.1 Å². The zero-order valence-electron chi connectivity index (χ0n) is 16.7. The number of aromatic nitrogens is 2. The Morgan fingerprint density at radius 3 is 2.21 bits per heavy atom. The van der Waals surface area contributed by atoms with Crippen molar-refractivity contribution in [2.45, 2.75) is 6.92 Å². The lowest BCUT2D eigenvalue weighted by Gasteiger charge is -2.35. The molecule has 29 heavy (non-hydrogen) atoms. The van der Waals surface area contributed by atoms with Gasteiger partial charge in [0.15, 0.2) is 0 Å². The molecule has 4 rings (SSSR count). The number of carbonyl (C=O) groups excluding carboxylic acids is 1. The molecule has 0 bridgehead atoms. The minimum absolute atomic E-state index is 0.0701. The lowest BCUT2D eigenvalue weighted by atomic mass is 10.0. The highest BCUT2D eigenvalue weighted by atomic mass is 16.5. The lowest BCUT2D eigenvalue weighted by Crippen LogP contribution is -2.49. The first-order valence-electron chi connectivity index (χ1n) is 9.73. The molecular formula is C23H24N4O2. The predicted octanol–water partition coefficient (Wildman–Crippen LogP) is 3.42. The number of rotatable bonds is 4. The van der Waals surface area contributed by atoms with E-state index in [1.54, 1.807) is 7.11 Å². The van der Waals surface area contributed by atoms with Gasteiger partial charge in [-0.3, -0.25) is 4.79 Å². The van der Waals surface area contributed by atoms with Crippen LogP contribution in [0, 0.1) is 6.92 Å². The van der Waals surface area contributed by atoms with Crippen molar-refractivity contribution in [3.63, 3.8) is 0 Å². The Kier molecular flexibility index (Phi) is 5.42. The van der Waals surface area contributed by atoms with E-state index in [1.165, 1.54) is 0 Å². The van der Waals surface area contributed by atoms with E-state index in [0.29, 0.717) is 24.8 Å². The first-order valence-corrected chi connectivity index (χ1v) is 9.73. The monoisotopic (exact) mass is 388 g/mol. The highest BCUT2D eigenvalue weighted by Crippen LogP contribution is 2.22. The quantitative estimate of drug-likeness (QED) is 0.685. The van der Waals surface area contributed by atoms with E-state index in [9.17, 15) is 4.79 Å². The van der Waals surface area contributed by atoms with Crippen LogP contribution < -0.4 is 9.64 Å². The number of anilines is 1. The van der Waals surface area contributed by atoms with Crippen molar-refractivity contribution < 1.29 is 9.53 Å². The number of amides is 1. The summed E-state index contributed by atoms with van der Waals surface area (Å²) >= 11 is 0. The van der Waals surface area contributed by atoms with Crippen LogP contribution >= 0.6 is 0 Å². The van der Waals surface area contributed by atoms with Gasteiger partial charge in [0, 0.05) is 37.8 Å². The SMILES string of the molecule is COc1cc(N2CCN(C(=O)c3ccc(-c4ccccc4)cc3)CC2)nc(C)n1. The Morgan fingerprint density at radius 1 is 0.897 bits per heavy atom. The fraction of sp³-hybridized carbons (Fsp3) is 0.261. The summed E-state index contributed by atoms with van der Waals surface area (Å²) < 4.78 is 5.24. The molecule has 6 nitrogen and oxygen atoms in total. The van der Waals surface area contributed by atoms with Crippen LogP contribution in [0.15, 0.2) is 60.7 Å². The van der Waals surface area contributed by atoms with E-state index >= 15 is 0 Å². The van der Waals surface area contributed by atoms with Crippen LogP contribution in [-0.4, -0.2) is 54.1 Å². The molecule has 0 atom stereocenters. The maximum absolute atomic E-state index is 12.9. The number of aryl methyl sites for hydroxylation is 1. The molecule has 0 radical (unpaired) electrons. The van der Waals surface area contributed by atoms with Crippen molar-refractivity contribution in [3.05, 3.63) is 72.1 Å². The molecule has 0 unspecified atom stereocenters. The molecule has 2 heterocycles. The van der Waals surface area contributed by atoms with Gasteiger partial charge in [-0.25, -0.2) is 4.98 Å². The maximum atomic E-state index is 12.9. The normalized spacial score (nSPS) is 14.0. The number of carbonyl (C=O) groups is 1. The predicted molar refractivity (Wildman–Crippen MR) is 113 cm³/mol. The molecule has 148 valence electrons. The Hall–Kier alpha value is -3.41. The molecule has 1 saturated heterocycles. The number of methoxy groups -OCH3 is 1. The van der Waals surface area contributed by atoms with Crippen molar-refractivity contribution in [1.29, 1.82) is 0 Å². The van der Waals surface area contributed by atoms with Gasteiger partial charge >= 0.3 is 0 Å². The third-order valence-electron chi connectivity index (χ3n) is 5.14. The highest BCUT2D eigenvalue weighted by molar-refractivity contribution is 5.94. The number of ether oxygens (including phenoxy) is 1. The van der Waals surface area contributed by atoms with Crippen molar-refractivity contribution >= 4 is 11.7 Å². The summed E-state index contributed by atoms with van der Waals surface area (Å²) in [5.41, 5.74) is 2.98. The molecule has 1 aliphatic rings. The first kappa shape index (κ1) is 18.9. The largest absolute Gasteiger partial charge is 0.481 e. The van der Waals surface area contributed by atoms with Gasteiger partial charge in [0.2, 0.25) is 5.88 Å². The Balaban J connectivity index is 1.41. The smallest absolute Gasteiger partial charge is 0.253 e. The number of hydrogen-bond acceptors (Lipinski definition) is 5. The second kappa shape index (κ2) is 8.31. The first-order chi connectivity index (χ1) is 14.1. The number of nitrogens with zero attached hydrogens (tertiary/aromatic N) is 4. The van der Waals surface area contributed by atoms with E-state index in [-0.39, 0.29) is 5.91 Å². The average Bonchev–Trinajstić information content (AvgIpc) is 2.79. The Labute approximate surface area is 170 Å². The van der Waals surface area contributed by atoms with E-state index in [2.05, 4.69) is 27.0 Å². The summed E-state index contributed by atoms with van der Waals surface area (Å²) in [5, 5.41) is 0. The number of piperazine rings is 1. The van der Waals surface area contributed by atoms with E-state index in [0.717, 1.165) is 35.6 Å². The average molecular weight is 388 g/mol. The molecule has 2 aromatic carbocycles. The molecule has 0 N–H and O–H groups in total. The minimum Gasteiger partial charge on any atom is -0.481 e. The molecule has 1 aliphatic heterocycles. The van der Waals surface area contributed by atoms with Crippen molar-refractivity contribution in [2.75, 3.05) is 38.2 Å². The van der Waals surface area contributed by atoms with Gasteiger partial charge in [-0.1, -0.05) is 42.5 Å². The molecule has 0 spiro atoms. The van der Waals surface area contributed by atoms with Gasteiger partial charge in [0.1, 0.15) is 11.6 Å². The topological polar surface area (TPSA) is 58.6 Å². The van der Waals surface area contributed by atoms with Crippen LogP contribution in [0.5, 0.6) is 5.88 Å². The third kappa shape index (κ3) is 4.21. The van der Waals surface area contributed by atoms with Crippen molar-refractivity contribution in [2.24, 2.45) is 0 Å². The van der Waals surface area contributed by atoms with E-state index < -0.39 is 0 Å². The van der Waals surface area contributed by atoms with Gasteiger partial charge in [-0.05, 0) is 30.2 Å². The molecule has 0 aliphatic carbocycles. The summed E-state index contributed by atoms with van der Waals surface area (Å²) in [6.07, 6.45) is 0. The summed E-state index contributed by atoms with van der Waals surface area (Å²) in [6, 6.07) is 19.9. The molecular weight excluding hydrogens is 364 g/mol. The van der Waals surface area contributed by atoms with Gasteiger partial charge in [0.05, 0.1) is 7.11 Å². The Bertz CT molecular complexity index is 982. The number of benzene rings is 2. The second-order valence-corrected chi connectivity index (χ2v) is 7.04. The molecule has 1 aromatic heterocycles. The lowest BCUT2D eigenvalue weighted by molar-refractivity contribution is 0.0746. The van der Waals surface area contributed by atoms with Gasteiger partial charge in [0.25, 0.3) is 5.91 Å². The highest BCUT2D eigenvalue weighted by Gasteiger charge is 2.23. The molecule has 6 heteroatoms. The summed E-state index contributed by atoms with van der Waals surface area (Å²) in [6.45, 7) is 4.63. The fourth-order valence-electron chi connectivity index (χ4n) is 3.55. The summed E-state index contributed by atoms with van der Waals surface area (Å²) in [4.78, 5) is 25.7. The third-order valence-corrected chi connectivity index (χ3v) is 5.14. The van der Waals surface area contributed by atoms with E-state index in [1.807, 2.05) is 60.4 Å². The molecule has 0 saturated carbocycles. The zero-order chi connectivity index (χ0) is 20.2. The standard InChI is InChI=1S/C23H24N4O2/c1-17-24-21(16-22(25-17)29-2)26-12-14-27(15-13-26)23(28)20-10-8-19(9-11-20)18-6-4-3-5-7-18/h3-11,16H,12-15H2,1-2H3. The van der Waals surface area contributed by atoms with Crippen LogP contribution in [0.3, 0.4) is 0 Å². The Morgan fingerprint density at radius 2 is 1.55 bits per heavy atom. The molecule has 1 amide bonds. The number of hydrogen-bond donors (Lipinski definition) is 0. The van der Waals surface area contributed by atoms with E-state index in [4.69, 9.17) is 4.74 Å². The minimum atomic E-state index is 0.0701. The van der Waals surface area contributed by atoms with Crippen molar-refractivity contribution in [3.8, 4) is 17.0 Å². The van der Waals surface area contributed by atoms with Crippen molar-refractivity contribution in [1.82, 2.24) is 14.9 Å². The summed E-state index contributed by atoms with van der Waals surface area (Å²) in [7, 11) is 1.60. The second-order valence-electron chi connectivity index (χ2n) is 7.04. The molecule has 1 fully saturated rings.